The Bertz CT molecular complexity index is 333. The van der Waals surface area contributed by atoms with Crippen LogP contribution in [0.5, 0.6) is 0 Å². The number of hydrogen-bond donors (Lipinski definition) is 0. The molecule has 0 aliphatic carbocycles. The average Bonchev–Trinajstić information content (AvgIpc) is 2.37. The first-order chi connectivity index (χ1) is 8.76. The standard InChI is InChI=1S/C14H20ClFO2/c1-17-7-8-18-6-5-13(11-15)9-12-3-2-4-14(16)10-12/h2-4,10,13H,5-9,11H2,1H3. The van der Waals surface area contributed by atoms with Crippen LogP contribution in [0, 0.1) is 11.7 Å². The van der Waals surface area contributed by atoms with E-state index in [4.69, 9.17) is 21.1 Å². The molecule has 0 radical (unpaired) electrons. The average molecular weight is 275 g/mol. The minimum absolute atomic E-state index is 0.197. The number of rotatable bonds is 9. The van der Waals surface area contributed by atoms with Gasteiger partial charge in [-0.1, -0.05) is 12.1 Å². The molecule has 0 bridgehead atoms. The zero-order chi connectivity index (χ0) is 13.2. The highest BCUT2D eigenvalue weighted by molar-refractivity contribution is 6.18. The lowest BCUT2D eigenvalue weighted by atomic mass is 9.98. The summed E-state index contributed by atoms with van der Waals surface area (Å²) in [7, 11) is 1.65. The van der Waals surface area contributed by atoms with Crippen LogP contribution in [0.25, 0.3) is 0 Å². The van der Waals surface area contributed by atoms with Crippen molar-refractivity contribution in [3.05, 3.63) is 35.6 Å². The molecule has 0 spiro atoms. The Balaban J connectivity index is 2.28. The molecule has 0 aromatic heterocycles. The molecule has 4 heteroatoms. The molecule has 1 atom stereocenters. The zero-order valence-corrected chi connectivity index (χ0v) is 11.5. The lowest BCUT2D eigenvalue weighted by Crippen LogP contribution is -2.12. The smallest absolute Gasteiger partial charge is 0.123 e. The molecule has 102 valence electrons. The Labute approximate surface area is 113 Å². The summed E-state index contributed by atoms with van der Waals surface area (Å²) in [4.78, 5) is 0. The van der Waals surface area contributed by atoms with Crippen LogP contribution in [0.4, 0.5) is 4.39 Å². The van der Waals surface area contributed by atoms with Gasteiger partial charge in [0.25, 0.3) is 0 Å². The lowest BCUT2D eigenvalue weighted by Gasteiger charge is -2.14. The first-order valence-corrected chi connectivity index (χ1v) is 6.66. The van der Waals surface area contributed by atoms with Crippen molar-refractivity contribution < 1.29 is 13.9 Å². The number of benzene rings is 1. The van der Waals surface area contributed by atoms with E-state index >= 15 is 0 Å². The van der Waals surface area contributed by atoms with Crippen LogP contribution in [0.2, 0.25) is 0 Å². The number of ether oxygens (including phenoxy) is 2. The molecule has 1 rings (SSSR count). The third-order valence-electron chi connectivity index (χ3n) is 2.73. The van der Waals surface area contributed by atoms with Gasteiger partial charge in [-0.05, 0) is 36.5 Å². The first kappa shape index (κ1) is 15.4. The van der Waals surface area contributed by atoms with Gasteiger partial charge >= 0.3 is 0 Å². The molecular weight excluding hydrogens is 255 g/mol. The van der Waals surface area contributed by atoms with Crippen LogP contribution >= 0.6 is 11.6 Å². The van der Waals surface area contributed by atoms with Gasteiger partial charge in [0.1, 0.15) is 5.82 Å². The molecule has 1 unspecified atom stereocenters. The number of alkyl halides is 1. The summed E-state index contributed by atoms with van der Waals surface area (Å²) in [6.07, 6.45) is 1.67. The molecular formula is C14H20ClFO2. The fourth-order valence-electron chi connectivity index (χ4n) is 1.73. The zero-order valence-electron chi connectivity index (χ0n) is 10.7. The van der Waals surface area contributed by atoms with Crippen molar-refractivity contribution in [1.29, 1.82) is 0 Å². The lowest BCUT2D eigenvalue weighted by molar-refractivity contribution is 0.0647. The summed E-state index contributed by atoms with van der Waals surface area (Å²) >= 11 is 5.92. The predicted octanol–water partition coefficient (Wildman–Crippen LogP) is 3.28. The summed E-state index contributed by atoms with van der Waals surface area (Å²) in [5.74, 6) is 0.678. The topological polar surface area (TPSA) is 18.5 Å². The molecule has 18 heavy (non-hydrogen) atoms. The maximum atomic E-state index is 13.0. The summed E-state index contributed by atoms with van der Waals surface area (Å²) in [6, 6.07) is 6.66. The van der Waals surface area contributed by atoms with Gasteiger partial charge in [-0.2, -0.15) is 0 Å². The molecule has 0 aliphatic rings. The SMILES string of the molecule is COCCOCCC(CCl)Cc1cccc(F)c1. The summed E-state index contributed by atoms with van der Waals surface area (Å²) < 4.78 is 23.3. The van der Waals surface area contributed by atoms with Crippen LogP contribution in [0.3, 0.4) is 0 Å². The van der Waals surface area contributed by atoms with E-state index in [1.165, 1.54) is 6.07 Å². The Morgan fingerprint density at radius 1 is 1.28 bits per heavy atom. The van der Waals surface area contributed by atoms with E-state index in [9.17, 15) is 4.39 Å². The molecule has 0 amide bonds. The van der Waals surface area contributed by atoms with Crippen LogP contribution < -0.4 is 0 Å². The normalized spacial score (nSPS) is 12.6. The third kappa shape index (κ3) is 6.34. The van der Waals surface area contributed by atoms with E-state index in [1.54, 1.807) is 19.2 Å². The van der Waals surface area contributed by atoms with Gasteiger partial charge in [-0.15, -0.1) is 11.6 Å². The summed E-state index contributed by atoms with van der Waals surface area (Å²) in [5.41, 5.74) is 0.984. The molecule has 0 N–H and O–H groups in total. The van der Waals surface area contributed by atoms with Gasteiger partial charge in [0.2, 0.25) is 0 Å². The van der Waals surface area contributed by atoms with Gasteiger partial charge in [-0.25, -0.2) is 4.39 Å². The molecule has 0 heterocycles. The second kappa shape index (κ2) is 9.31. The van der Waals surface area contributed by atoms with Crippen LogP contribution in [0.1, 0.15) is 12.0 Å². The van der Waals surface area contributed by atoms with Gasteiger partial charge in [-0.3, -0.25) is 0 Å². The highest BCUT2D eigenvalue weighted by Crippen LogP contribution is 2.15. The summed E-state index contributed by atoms with van der Waals surface area (Å²) in [6.45, 7) is 1.87. The van der Waals surface area contributed by atoms with Crippen molar-refractivity contribution in [2.24, 2.45) is 5.92 Å². The fourth-order valence-corrected chi connectivity index (χ4v) is 1.99. The van der Waals surface area contributed by atoms with Crippen molar-refractivity contribution in [2.45, 2.75) is 12.8 Å². The molecule has 0 fully saturated rings. The van der Waals surface area contributed by atoms with Gasteiger partial charge in [0, 0.05) is 19.6 Å². The minimum Gasteiger partial charge on any atom is -0.382 e. The predicted molar refractivity (Wildman–Crippen MR) is 71.6 cm³/mol. The third-order valence-corrected chi connectivity index (χ3v) is 3.17. The molecule has 2 nitrogen and oxygen atoms in total. The molecule has 0 saturated carbocycles. The Morgan fingerprint density at radius 2 is 2.11 bits per heavy atom. The number of halogens is 2. The van der Waals surface area contributed by atoms with Crippen molar-refractivity contribution >= 4 is 11.6 Å². The Morgan fingerprint density at radius 3 is 2.78 bits per heavy atom. The highest BCUT2D eigenvalue weighted by Gasteiger charge is 2.09. The van der Waals surface area contributed by atoms with E-state index in [0.717, 1.165) is 18.4 Å². The van der Waals surface area contributed by atoms with Crippen LogP contribution in [-0.2, 0) is 15.9 Å². The van der Waals surface area contributed by atoms with E-state index in [2.05, 4.69) is 0 Å². The van der Waals surface area contributed by atoms with E-state index in [-0.39, 0.29) is 5.82 Å². The van der Waals surface area contributed by atoms with Crippen molar-refractivity contribution in [3.8, 4) is 0 Å². The monoisotopic (exact) mass is 274 g/mol. The molecule has 1 aromatic rings. The van der Waals surface area contributed by atoms with Gasteiger partial charge in [0.15, 0.2) is 0 Å². The van der Waals surface area contributed by atoms with Crippen LogP contribution in [-0.4, -0.2) is 32.8 Å². The van der Waals surface area contributed by atoms with Crippen molar-refractivity contribution in [2.75, 3.05) is 32.8 Å². The second-order valence-electron chi connectivity index (χ2n) is 4.25. The Hall–Kier alpha value is -0.640. The Kier molecular flexibility index (Phi) is 7.98. The van der Waals surface area contributed by atoms with E-state index in [0.29, 0.717) is 31.6 Å². The minimum atomic E-state index is -0.197. The van der Waals surface area contributed by atoms with Crippen molar-refractivity contribution in [1.82, 2.24) is 0 Å². The van der Waals surface area contributed by atoms with Gasteiger partial charge in [0.05, 0.1) is 13.2 Å². The molecule has 0 saturated heterocycles. The van der Waals surface area contributed by atoms with Crippen molar-refractivity contribution in [3.63, 3.8) is 0 Å². The maximum Gasteiger partial charge on any atom is 0.123 e. The number of hydrogen-bond acceptors (Lipinski definition) is 2. The second-order valence-corrected chi connectivity index (χ2v) is 4.56. The molecule has 1 aromatic carbocycles. The van der Waals surface area contributed by atoms with E-state index < -0.39 is 0 Å². The molecule has 0 aliphatic heterocycles. The number of methoxy groups -OCH3 is 1. The summed E-state index contributed by atoms with van der Waals surface area (Å²) in [5, 5.41) is 0. The highest BCUT2D eigenvalue weighted by atomic mass is 35.5. The van der Waals surface area contributed by atoms with Crippen LogP contribution in [0.15, 0.2) is 24.3 Å². The fraction of sp³-hybridized carbons (Fsp3) is 0.571. The van der Waals surface area contributed by atoms with Gasteiger partial charge < -0.3 is 9.47 Å². The maximum absolute atomic E-state index is 13.0. The largest absolute Gasteiger partial charge is 0.382 e. The first-order valence-electron chi connectivity index (χ1n) is 6.13. The van der Waals surface area contributed by atoms with E-state index in [1.807, 2.05) is 6.07 Å². The quantitative estimate of drug-likeness (QED) is 0.508.